The molecule has 26 heavy (non-hydrogen) atoms. The van der Waals surface area contributed by atoms with Crippen LogP contribution in [0.1, 0.15) is 21.5 Å². The lowest BCUT2D eigenvalue weighted by Gasteiger charge is -2.07. The molecule has 0 saturated carbocycles. The molecule has 0 atom stereocenters. The number of hydrazone groups is 1. The van der Waals surface area contributed by atoms with Crippen LogP contribution >= 0.6 is 0 Å². The van der Waals surface area contributed by atoms with Crippen molar-refractivity contribution in [2.45, 2.75) is 6.92 Å². The van der Waals surface area contributed by atoms with Crippen LogP contribution in [-0.4, -0.2) is 24.6 Å². The molecule has 0 spiro atoms. The summed E-state index contributed by atoms with van der Waals surface area (Å²) in [5.74, 6) is -0.679. The molecule has 5 heteroatoms. The van der Waals surface area contributed by atoms with Crippen molar-refractivity contribution in [1.82, 2.24) is 10.7 Å². The normalized spacial score (nSPS) is 10.8. The lowest BCUT2D eigenvalue weighted by molar-refractivity contribution is -0.120. The van der Waals surface area contributed by atoms with E-state index in [2.05, 4.69) is 15.8 Å². The Morgan fingerprint density at radius 1 is 0.962 bits per heavy atom. The minimum atomic E-state index is -0.387. The van der Waals surface area contributed by atoms with Crippen molar-refractivity contribution in [3.63, 3.8) is 0 Å². The standard InChI is InChI=1S/C21H19N3O2/c1-15-9-11-16(12-10-15)13-23-24-20(25)14-22-21(26)19-8-4-6-17-5-2-3-7-18(17)19/h2-13H,14H2,1H3,(H,22,26)(H,24,25)/b23-13+. The molecule has 3 aromatic rings. The fourth-order valence-corrected chi connectivity index (χ4v) is 2.55. The number of carbonyl (C=O) groups is 2. The van der Waals surface area contributed by atoms with Gasteiger partial charge >= 0.3 is 0 Å². The van der Waals surface area contributed by atoms with Gasteiger partial charge in [-0.3, -0.25) is 9.59 Å². The van der Waals surface area contributed by atoms with Crippen molar-refractivity contribution >= 4 is 28.8 Å². The summed E-state index contributed by atoms with van der Waals surface area (Å²) in [7, 11) is 0. The van der Waals surface area contributed by atoms with E-state index in [-0.39, 0.29) is 18.4 Å². The Balaban J connectivity index is 1.55. The second kappa shape index (κ2) is 8.07. The quantitative estimate of drug-likeness (QED) is 0.551. The second-order valence-corrected chi connectivity index (χ2v) is 5.91. The summed E-state index contributed by atoms with van der Waals surface area (Å²) >= 11 is 0. The average Bonchev–Trinajstić information content (AvgIpc) is 2.67. The highest BCUT2D eigenvalue weighted by molar-refractivity contribution is 6.07. The molecule has 0 aliphatic rings. The van der Waals surface area contributed by atoms with Gasteiger partial charge in [-0.1, -0.05) is 66.2 Å². The van der Waals surface area contributed by atoms with Gasteiger partial charge in [0.2, 0.25) is 0 Å². The lowest BCUT2D eigenvalue weighted by atomic mass is 10.0. The molecule has 0 radical (unpaired) electrons. The van der Waals surface area contributed by atoms with Gasteiger partial charge in [0.15, 0.2) is 0 Å². The molecule has 2 amide bonds. The van der Waals surface area contributed by atoms with Crippen LogP contribution in [0.15, 0.2) is 71.8 Å². The number of fused-ring (bicyclic) bond motifs is 1. The van der Waals surface area contributed by atoms with Crippen molar-refractivity contribution in [2.24, 2.45) is 5.10 Å². The van der Waals surface area contributed by atoms with Crippen molar-refractivity contribution < 1.29 is 9.59 Å². The third-order valence-electron chi connectivity index (χ3n) is 3.92. The highest BCUT2D eigenvalue weighted by Gasteiger charge is 2.10. The molecule has 3 rings (SSSR count). The minimum Gasteiger partial charge on any atom is -0.343 e. The van der Waals surface area contributed by atoms with Crippen LogP contribution in [0.4, 0.5) is 0 Å². The Hall–Kier alpha value is -3.47. The van der Waals surface area contributed by atoms with Gasteiger partial charge in [-0.2, -0.15) is 5.10 Å². The summed E-state index contributed by atoms with van der Waals surface area (Å²) in [6.45, 7) is 1.86. The summed E-state index contributed by atoms with van der Waals surface area (Å²) < 4.78 is 0. The Labute approximate surface area is 151 Å². The fourth-order valence-electron chi connectivity index (χ4n) is 2.55. The molecule has 0 unspecified atom stereocenters. The van der Waals surface area contributed by atoms with Crippen LogP contribution in [0.25, 0.3) is 10.8 Å². The van der Waals surface area contributed by atoms with Crippen LogP contribution in [0.5, 0.6) is 0 Å². The Morgan fingerprint density at radius 2 is 1.69 bits per heavy atom. The highest BCUT2D eigenvalue weighted by Crippen LogP contribution is 2.18. The van der Waals surface area contributed by atoms with E-state index < -0.39 is 0 Å². The maximum Gasteiger partial charge on any atom is 0.259 e. The van der Waals surface area contributed by atoms with E-state index in [0.717, 1.165) is 21.9 Å². The van der Waals surface area contributed by atoms with Crippen LogP contribution in [-0.2, 0) is 4.79 Å². The number of benzene rings is 3. The second-order valence-electron chi connectivity index (χ2n) is 5.91. The van der Waals surface area contributed by atoms with Crippen LogP contribution < -0.4 is 10.7 Å². The molecule has 0 saturated heterocycles. The van der Waals surface area contributed by atoms with Crippen LogP contribution in [0.2, 0.25) is 0 Å². The predicted molar refractivity (Wildman–Crippen MR) is 103 cm³/mol. The first-order valence-corrected chi connectivity index (χ1v) is 8.28. The van der Waals surface area contributed by atoms with Crippen molar-refractivity contribution in [3.8, 4) is 0 Å². The molecule has 0 aromatic heterocycles. The SMILES string of the molecule is Cc1ccc(/C=N/NC(=O)CNC(=O)c2cccc3ccccc23)cc1. The Morgan fingerprint density at radius 3 is 2.50 bits per heavy atom. The van der Waals surface area contributed by atoms with E-state index in [0.29, 0.717) is 5.56 Å². The number of amides is 2. The Bertz CT molecular complexity index is 957. The molecule has 130 valence electrons. The van der Waals surface area contributed by atoms with Gasteiger partial charge in [-0.25, -0.2) is 5.43 Å². The number of nitrogens with one attached hydrogen (secondary N) is 2. The van der Waals surface area contributed by atoms with E-state index >= 15 is 0 Å². The minimum absolute atomic E-state index is 0.146. The lowest BCUT2D eigenvalue weighted by Crippen LogP contribution is -2.35. The average molecular weight is 345 g/mol. The summed E-state index contributed by atoms with van der Waals surface area (Å²) in [4.78, 5) is 24.2. The number of rotatable bonds is 5. The summed E-state index contributed by atoms with van der Waals surface area (Å²) in [5, 5.41) is 8.35. The fraction of sp³-hybridized carbons (Fsp3) is 0.0952. The summed E-state index contributed by atoms with van der Waals surface area (Å²) in [6.07, 6.45) is 1.56. The van der Waals surface area contributed by atoms with Crippen LogP contribution in [0.3, 0.4) is 0 Å². The summed E-state index contributed by atoms with van der Waals surface area (Å²) in [5.41, 5.74) is 4.99. The van der Waals surface area contributed by atoms with Gasteiger partial charge in [0.05, 0.1) is 12.8 Å². The zero-order valence-electron chi connectivity index (χ0n) is 14.4. The van der Waals surface area contributed by atoms with Gasteiger partial charge in [0.1, 0.15) is 0 Å². The zero-order chi connectivity index (χ0) is 18.4. The third kappa shape index (κ3) is 4.33. The molecule has 0 bridgehead atoms. The van der Waals surface area contributed by atoms with Crippen molar-refractivity contribution in [3.05, 3.63) is 83.4 Å². The molecule has 3 aromatic carbocycles. The predicted octanol–water partition coefficient (Wildman–Crippen LogP) is 3.03. The monoisotopic (exact) mass is 345 g/mol. The number of hydrogen-bond acceptors (Lipinski definition) is 3. The first kappa shape index (κ1) is 17.4. The van der Waals surface area contributed by atoms with E-state index in [4.69, 9.17) is 0 Å². The number of carbonyl (C=O) groups excluding carboxylic acids is 2. The maximum absolute atomic E-state index is 12.4. The van der Waals surface area contributed by atoms with Gasteiger partial charge in [0.25, 0.3) is 11.8 Å². The molecule has 0 fully saturated rings. The zero-order valence-corrected chi connectivity index (χ0v) is 14.4. The topological polar surface area (TPSA) is 70.6 Å². The van der Waals surface area contributed by atoms with Gasteiger partial charge in [-0.05, 0) is 29.3 Å². The Kier molecular flexibility index (Phi) is 5.39. The van der Waals surface area contributed by atoms with E-state index in [1.807, 2.05) is 67.6 Å². The molecule has 0 heterocycles. The molecule has 0 aliphatic carbocycles. The van der Waals surface area contributed by atoms with Crippen LogP contribution in [0, 0.1) is 6.92 Å². The first-order valence-electron chi connectivity index (χ1n) is 8.28. The highest BCUT2D eigenvalue weighted by atomic mass is 16.2. The molecule has 5 nitrogen and oxygen atoms in total. The largest absolute Gasteiger partial charge is 0.343 e. The van der Waals surface area contributed by atoms with Crippen molar-refractivity contribution in [1.29, 1.82) is 0 Å². The smallest absolute Gasteiger partial charge is 0.259 e. The van der Waals surface area contributed by atoms with Crippen molar-refractivity contribution in [2.75, 3.05) is 6.54 Å². The maximum atomic E-state index is 12.4. The molecule has 0 aliphatic heterocycles. The number of nitrogens with zero attached hydrogens (tertiary/aromatic N) is 1. The van der Waals surface area contributed by atoms with Gasteiger partial charge in [0, 0.05) is 5.56 Å². The van der Waals surface area contributed by atoms with E-state index in [1.165, 1.54) is 0 Å². The third-order valence-corrected chi connectivity index (χ3v) is 3.92. The number of aryl methyl sites for hydroxylation is 1. The van der Waals surface area contributed by atoms with Gasteiger partial charge in [-0.15, -0.1) is 0 Å². The number of hydrogen-bond donors (Lipinski definition) is 2. The molecule has 2 N–H and O–H groups in total. The van der Waals surface area contributed by atoms with E-state index in [1.54, 1.807) is 12.3 Å². The summed E-state index contributed by atoms with van der Waals surface area (Å²) in [6, 6.07) is 20.9. The first-order chi connectivity index (χ1) is 12.6. The molecular weight excluding hydrogens is 326 g/mol. The molecular formula is C21H19N3O2. The van der Waals surface area contributed by atoms with Gasteiger partial charge < -0.3 is 5.32 Å². The van der Waals surface area contributed by atoms with E-state index in [9.17, 15) is 9.59 Å².